The number of hydrogen-bond donors (Lipinski definition) is 2. The third-order valence-electron chi connectivity index (χ3n) is 2.59. The maximum absolute atomic E-state index is 9.46. The van der Waals surface area contributed by atoms with E-state index in [4.69, 9.17) is 4.74 Å². The van der Waals surface area contributed by atoms with Gasteiger partial charge in [0, 0.05) is 0 Å². The van der Waals surface area contributed by atoms with Crippen molar-refractivity contribution in [1.29, 1.82) is 0 Å². The van der Waals surface area contributed by atoms with E-state index in [9.17, 15) is 5.11 Å². The number of benzene rings is 1. The first kappa shape index (κ1) is 15.0. The molecule has 1 atom stereocenters. The Bertz CT molecular complexity index is 350. The van der Waals surface area contributed by atoms with Crippen LogP contribution in [0, 0.1) is 5.92 Å². The molecule has 1 unspecified atom stereocenters. The third-order valence-corrected chi connectivity index (χ3v) is 2.59. The summed E-state index contributed by atoms with van der Waals surface area (Å²) in [4.78, 5) is 0. The molecular formula is C15H25NO2. The van der Waals surface area contributed by atoms with Crippen LogP contribution in [0.3, 0.4) is 0 Å². The molecule has 3 heteroatoms. The minimum Gasteiger partial charge on any atom is -0.491 e. The molecule has 1 aromatic rings. The molecule has 0 heterocycles. The number of ether oxygens (including phenoxy) is 1. The van der Waals surface area contributed by atoms with Crippen molar-refractivity contribution in [2.75, 3.05) is 13.2 Å². The van der Waals surface area contributed by atoms with Gasteiger partial charge in [0.15, 0.2) is 0 Å². The van der Waals surface area contributed by atoms with E-state index < -0.39 is 0 Å². The van der Waals surface area contributed by atoms with Crippen molar-refractivity contribution in [2.24, 2.45) is 5.92 Å². The number of aliphatic hydroxyl groups excluding tert-OH is 1. The maximum atomic E-state index is 9.46. The van der Waals surface area contributed by atoms with Gasteiger partial charge < -0.3 is 15.2 Å². The summed E-state index contributed by atoms with van der Waals surface area (Å²) in [5, 5.41) is 12.8. The van der Waals surface area contributed by atoms with Crippen LogP contribution in [0.2, 0.25) is 0 Å². The van der Waals surface area contributed by atoms with Crippen LogP contribution in [0.15, 0.2) is 24.3 Å². The zero-order chi connectivity index (χ0) is 13.5. The van der Waals surface area contributed by atoms with Crippen molar-refractivity contribution in [3.63, 3.8) is 0 Å². The quantitative estimate of drug-likeness (QED) is 0.783. The zero-order valence-corrected chi connectivity index (χ0v) is 11.8. The Hall–Kier alpha value is -1.06. The molecule has 2 N–H and O–H groups in total. The van der Waals surface area contributed by atoms with Crippen LogP contribution in [-0.2, 0) is 0 Å². The number of aliphatic hydroxyl groups is 1. The Balaban J connectivity index is 2.72. The van der Waals surface area contributed by atoms with E-state index in [1.807, 2.05) is 38.1 Å². The molecule has 0 radical (unpaired) electrons. The van der Waals surface area contributed by atoms with E-state index >= 15 is 0 Å². The van der Waals surface area contributed by atoms with Gasteiger partial charge in [0.2, 0.25) is 0 Å². The molecule has 0 aromatic heterocycles. The molecule has 1 aromatic carbocycles. The van der Waals surface area contributed by atoms with Gasteiger partial charge in [0.25, 0.3) is 0 Å². The van der Waals surface area contributed by atoms with Gasteiger partial charge in [-0.1, -0.05) is 26.0 Å². The van der Waals surface area contributed by atoms with Crippen LogP contribution in [0.25, 0.3) is 0 Å². The van der Waals surface area contributed by atoms with Gasteiger partial charge in [0.1, 0.15) is 5.75 Å². The lowest BCUT2D eigenvalue weighted by Gasteiger charge is -2.19. The van der Waals surface area contributed by atoms with E-state index in [1.165, 1.54) is 0 Å². The summed E-state index contributed by atoms with van der Waals surface area (Å²) < 4.78 is 5.67. The fourth-order valence-electron chi connectivity index (χ4n) is 1.74. The molecule has 0 spiro atoms. The Morgan fingerprint density at radius 3 is 2.50 bits per heavy atom. The predicted molar refractivity (Wildman–Crippen MR) is 74.9 cm³/mol. The van der Waals surface area contributed by atoms with E-state index in [0.717, 1.165) is 17.9 Å². The highest BCUT2D eigenvalue weighted by Crippen LogP contribution is 2.20. The standard InChI is InChI=1S/C15H25NO2/c1-11(2)9-16-15(10-17)13-6-5-7-14(8-13)18-12(3)4/h5-8,11-12,15-17H,9-10H2,1-4H3. The van der Waals surface area contributed by atoms with Gasteiger partial charge in [-0.2, -0.15) is 0 Å². The van der Waals surface area contributed by atoms with Crippen molar-refractivity contribution in [3.05, 3.63) is 29.8 Å². The van der Waals surface area contributed by atoms with Gasteiger partial charge in [-0.25, -0.2) is 0 Å². The number of hydrogen-bond acceptors (Lipinski definition) is 3. The highest BCUT2D eigenvalue weighted by Gasteiger charge is 2.11. The Labute approximate surface area is 110 Å². The van der Waals surface area contributed by atoms with E-state index in [1.54, 1.807) is 0 Å². The summed E-state index contributed by atoms with van der Waals surface area (Å²) in [6, 6.07) is 7.89. The molecule has 1 rings (SSSR count). The van der Waals surface area contributed by atoms with Gasteiger partial charge in [-0.3, -0.25) is 0 Å². The minimum absolute atomic E-state index is 0.0249. The predicted octanol–water partition coefficient (Wildman–Crippen LogP) is 2.75. The second kappa shape index (κ2) is 7.39. The molecule has 0 saturated carbocycles. The van der Waals surface area contributed by atoms with E-state index in [0.29, 0.717) is 5.92 Å². The number of nitrogens with one attached hydrogen (secondary N) is 1. The normalized spacial score (nSPS) is 13.1. The first-order chi connectivity index (χ1) is 8.52. The van der Waals surface area contributed by atoms with Crippen molar-refractivity contribution >= 4 is 0 Å². The summed E-state index contributed by atoms with van der Waals surface area (Å²) in [5.74, 6) is 1.42. The summed E-state index contributed by atoms with van der Waals surface area (Å²) in [5.41, 5.74) is 1.07. The van der Waals surface area contributed by atoms with Crippen molar-refractivity contribution in [2.45, 2.75) is 39.8 Å². The Morgan fingerprint density at radius 2 is 1.94 bits per heavy atom. The first-order valence-electron chi connectivity index (χ1n) is 6.63. The first-order valence-corrected chi connectivity index (χ1v) is 6.63. The van der Waals surface area contributed by atoms with Crippen molar-refractivity contribution in [1.82, 2.24) is 5.32 Å². The van der Waals surface area contributed by atoms with E-state index in [2.05, 4.69) is 19.2 Å². The minimum atomic E-state index is -0.0249. The van der Waals surface area contributed by atoms with Gasteiger partial charge in [-0.05, 0) is 44.0 Å². The average molecular weight is 251 g/mol. The third kappa shape index (κ3) is 5.07. The highest BCUT2D eigenvalue weighted by molar-refractivity contribution is 5.30. The summed E-state index contributed by atoms with van der Waals surface area (Å²) >= 11 is 0. The van der Waals surface area contributed by atoms with Crippen LogP contribution >= 0.6 is 0 Å². The summed E-state index contributed by atoms with van der Waals surface area (Å²) in [6.07, 6.45) is 0.163. The second-order valence-electron chi connectivity index (χ2n) is 5.28. The smallest absolute Gasteiger partial charge is 0.120 e. The van der Waals surface area contributed by atoms with Crippen LogP contribution in [0.5, 0.6) is 5.75 Å². The monoisotopic (exact) mass is 251 g/mol. The maximum Gasteiger partial charge on any atom is 0.120 e. The largest absolute Gasteiger partial charge is 0.491 e. The molecule has 0 aliphatic rings. The molecule has 0 amide bonds. The molecule has 3 nitrogen and oxygen atoms in total. The van der Waals surface area contributed by atoms with Crippen LogP contribution < -0.4 is 10.1 Å². The molecule has 0 aliphatic heterocycles. The Morgan fingerprint density at radius 1 is 1.22 bits per heavy atom. The molecule has 102 valence electrons. The summed E-state index contributed by atoms with van der Waals surface area (Å²) in [7, 11) is 0. The SMILES string of the molecule is CC(C)CNC(CO)c1cccc(OC(C)C)c1. The summed E-state index contributed by atoms with van der Waals surface area (Å²) in [6.45, 7) is 9.30. The molecule has 0 bridgehead atoms. The number of rotatable bonds is 7. The van der Waals surface area contributed by atoms with Crippen LogP contribution in [0.1, 0.15) is 39.3 Å². The van der Waals surface area contributed by atoms with Gasteiger partial charge in [0.05, 0.1) is 18.8 Å². The molecule has 0 saturated heterocycles. The fraction of sp³-hybridized carbons (Fsp3) is 0.600. The fourth-order valence-corrected chi connectivity index (χ4v) is 1.74. The van der Waals surface area contributed by atoms with Crippen molar-refractivity contribution < 1.29 is 9.84 Å². The zero-order valence-electron chi connectivity index (χ0n) is 11.8. The lowest BCUT2D eigenvalue weighted by molar-refractivity contribution is 0.235. The topological polar surface area (TPSA) is 41.5 Å². The van der Waals surface area contributed by atoms with Gasteiger partial charge in [-0.15, -0.1) is 0 Å². The van der Waals surface area contributed by atoms with E-state index in [-0.39, 0.29) is 18.8 Å². The van der Waals surface area contributed by atoms with Crippen molar-refractivity contribution in [3.8, 4) is 5.75 Å². The van der Waals surface area contributed by atoms with Crippen LogP contribution in [-0.4, -0.2) is 24.4 Å². The Kier molecular flexibility index (Phi) is 6.16. The lowest BCUT2D eigenvalue weighted by atomic mass is 10.1. The van der Waals surface area contributed by atoms with Gasteiger partial charge >= 0.3 is 0 Å². The highest BCUT2D eigenvalue weighted by atomic mass is 16.5. The average Bonchev–Trinajstić information content (AvgIpc) is 2.29. The molecule has 18 heavy (non-hydrogen) atoms. The molecular weight excluding hydrogens is 226 g/mol. The molecule has 0 fully saturated rings. The van der Waals surface area contributed by atoms with Crippen LogP contribution in [0.4, 0.5) is 0 Å². The lowest BCUT2D eigenvalue weighted by Crippen LogP contribution is -2.27. The molecule has 0 aliphatic carbocycles. The second-order valence-corrected chi connectivity index (χ2v) is 5.28.